The first kappa shape index (κ1) is 9.65. The smallest absolute Gasteiger partial charge is 0.228 e. The fourth-order valence-electron chi connectivity index (χ4n) is 1.97. The van der Waals surface area contributed by atoms with Gasteiger partial charge in [-0.25, -0.2) is 4.98 Å². The molecule has 76 valence electrons. The monoisotopic (exact) mass is 210 g/mol. The number of rotatable bonds is 1. The van der Waals surface area contributed by atoms with E-state index in [9.17, 15) is 4.79 Å². The van der Waals surface area contributed by atoms with Crippen molar-refractivity contribution in [1.29, 1.82) is 0 Å². The number of amides is 1. The quantitative estimate of drug-likeness (QED) is 0.765. The average Bonchev–Trinajstić information content (AvgIpc) is 2.56. The Morgan fingerprint density at radius 3 is 3.14 bits per heavy atom. The molecule has 1 aliphatic rings. The summed E-state index contributed by atoms with van der Waals surface area (Å²) in [7, 11) is 1.69. The Labute approximate surface area is 87.6 Å². The van der Waals surface area contributed by atoms with Crippen molar-refractivity contribution in [1.82, 2.24) is 10.3 Å². The van der Waals surface area contributed by atoms with Crippen LogP contribution in [-0.4, -0.2) is 17.9 Å². The van der Waals surface area contributed by atoms with Crippen LogP contribution in [0.1, 0.15) is 34.3 Å². The molecule has 1 amide bonds. The van der Waals surface area contributed by atoms with Crippen LogP contribution < -0.4 is 5.32 Å². The van der Waals surface area contributed by atoms with Gasteiger partial charge < -0.3 is 5.32 Å². The van der Waals surface area contributed by atoms with Crippen LogP contribution in [-0.2, 0) is 11.2 Å². The summed E-state index contributed by atoms with van der Waals surface area (Å²) in [6, 6.07) is 0. The number of hydrogen-bond donors (Lipinski definition) is 1. The molecule has 0 saturated carbocycles. The molecular weight excluding hydrogens is 196 g/mol. The normalized spacial score (nSPS) is 20.3. The van der Waals surface area contributed by atoms with Crippen molar-refractivity contribution in [2.24, 2.45) is 0 Å². The minimum Gasteiger partial charge on any atom is -0.359 e. The molecule has 1 N–H and O–H groups in total. The second-order valence-electron chi connectivity index (χ2n) is 3.60. The molecule has 0 aromatic carbocycles. The maximum absolute atomic E-state index is 11.6. The maximum atomic E-state index is 11.6. The predicted molar refractivity (Wildman–Crippen MR) is 56.6 cm³/mol. The van der Waals surface area contributed by atoms with E-state index in [1.165, 1.54) is 4.88 Å². The van der Waals surface area contributed by atoms with Crippen molar-refractivity contribution >= 4 is 17.2 Å². The van der Waals surface area contributed by atoms with Gasteiger partial charge in [-0.2, -0.15) is 0 Å². The highest BCUT2D eigenvalue weighted by Crippen LogP contribution is 2.34. The molecule has 0 bridgehead atoms. The van der Waals surface area contributed by atoms with Crippen LogP contribution in [0.5, 0.6) is 0 Å². The molecule has 1 aromatic heterocycles. The van der Waals surface area contributed by atoms with Gasteiger partial charge in [-0.05, 0) is 26.2 Å². The number of hydrogen-bond acceptors (Lipinski definition) is 3. The fourth-order valence-corrected chi connectivity index (χ4v) is 3.01. The average molecular weight is 210 g/mol. The first-order chi connectivity index (χ1) is 6.72. The molecular formula is C10H14N2OS. The summed E-state index contributed by atoms with van der Waals surface area (Å²) in [5.41, 5.74) is 1.03. The van der Waals surface area contributed by atoms with Crippen LogP contribution in [0.2, 0.25) is 0 Å². The Kier molecular flexibility index (Phi) is 2.54. The number of thiazole rings is 1. The van der Waals surface area contributed by atoms with E-state index in [0.29, 0.717) is 0 Å². The van der Waals surface area contributed by atoms with E-state index < -0.39 is 0 Å². The molecule has 1 atom stereocenters. The van der Waals surface area contributed by atoms with Crippen LogP contribution in [0, 0.1) is 6.92 Å². The Hall–Kier alpha value is -0.900. The summed E-state index contributed by atoms with van der Waals surface area (Å²) in [6.45, 7) is 2.00. The number of likely N-dealkylation sites (N-methyl/N-ethyl adjacent to an activating group) is 1. The molecule has 0 spiro atoms. The lowest BCUT2D eigenvalue weighted by atomic mass is 9.90. The maximum Gasteiger partial charge on any atom is 0.228 e. The van der Waals surface area contributed by atoms with Gasteiger partial charge in [-0.3, -0.25) is 4.79 Å². The van der Waals surface area contributed by atoms with E-state index in [1.807, 2.05) is 6.92 Å². The summed E-state index contributed by atoms with van der Waals surface area (Å²) in [5, 5.41) is 3.79. The highest BCUT2D eigenvalue weighted by atomic mass is 32.1. The van der Waals surface area contributed by atoms with Gasteiger partial charge in [0.1, 0.15) is 0 Å². The Morgan fingerprint density at radius 1 is 1.64 bits per heavy atom. The van der Waals surface area contributed by atoms with Crippen molar-refractivity contribution in [2.75, 3.05) is 7.05 Å². The fraction of sp³-hybridized carbons (Fsp3) is 0.600. The Bertz CT molecular complexity index is 359. The Balaban J connectivity index is 2.34. The molecule has 0 aliphatic heterocycles. The largest absolute Gasteiger partial charge is 0.359 e. The number of nitrogens with one attached hydrogen (secondary N) is 1. The van der Waals surface area contributed by atoms with Gasteiger partial charge in [0, 0.05) is 11.9 Å². The zero-order valence-electron chi connectivity index (χ0n) is 8.46. The van der Waals surface area contributed by atoms with Crippen molar-refractivity contribution in [3.63, 3.8) is 0 Å². The van der Waals surface area contributed by atoms with E-state index in [-0.39, 0.29) is 11.8 Å². The minimum atomic E-state index is -0.00583. The molecule has 0 unspecified atom stereocenters. The SMILES string of the molecule is CNC(=O)[C@H]1CCCc2sc(C)nc21. The minimum absolute atomic E-state index is 0.00583. The lowest BCUT2D eigenvalue weighted by molar-refractivity contribution is -0.122. The Morgan fingerprint density at radius 2 is 2.43 bits per heavy atom. The molecule has 3 nitrogen and oxygen atoms in total. The first-order valence-corrected chi connectivity index (χ1v) is 5.72. The van der Waals surface area contributed by atoms with Crippen LogP contribution in [0.15, 0.2) is 0 Å². The highest BCUT2D eigenvalue weighted by molar-refractivity contribution is 7.11. The van der Waals surface area contributed by atoms with Crippen molar-refractivity contribution in [2.45, 2.75) is 32.1 Å². The van der Waals surface area contributed by atoms with E-state index in [4.69, 9.17) is 0 Å². The summed E-state index contributed by atoms with van der Waals surface area (Å²) in [4.78, 5) is 17.4. The summed E-state index contributed by atoms with van der Waals surface area (Å²) < 4.78 is 0. The van der Waals surface area contributed by atoms with Gasteiger partial charge in [0.05, 0.1) is 16.6 Å². The van der Waals surface area contributed by atoms with Gasteiger partial charge in [0.2, 0.25) is 5.91 Å². The van der Waals surface area contributed by atoms with Gasteiger partial charge in [-0.1, -0.05) is 0 Å². The molecule has 14 heavy (non-hydrogen) atoms. The van der Waals surface area contributed by atoms with Crippen molar-refractivity contribution in [3.8, 4) is 0 Å². The summed E-state index contributed by atoms with van der Waals surface area (Å²) in [5.74, 6) is 0.102. The van der Waals surface area contributed by atoms with E-state index >= 15 is 0 Å². The van der Waals surface area contributed by atoms with E-state index in [2.05, 4.69) is 10.3 Å². The van der Waals surface area contributed by atoms with Crippen molar-refractivity contribution in [3.05, 3.63) is 15.6 Å². The third kappa shape index (κ3) is 1.54. The third-order valence-corrected chi connectivity index (χ3v) is 3.67. The molecule has 2 rings (SSSR count). The van der Waals surface area contributed by atoms with Crippen LogP contribution in [0.4, 0.5) is 0 Å². The number of aromatic nitrogens is 1. The second kappa shape index (κ2) is 3.69. The third-order valence-electron chi connectivity index (χ3n) is 2.62. The lowest BCUT2D eigenvalue weighted by Crippen LogP contribution is -2.28. The van der Waals surface area contributed by atoms with Gasteiger partial charge in [0.25, 0.3) is 0 Å². The molecule has 1 heterocycles. The molecule has 1 aliphatic carbocycles. The molecule has 1 aromatic rings. The predicted octanol–water partition coefficient (Wildman–Crippen LogP) is 1.62. The van der Waals surface area contributed by atoms with Crippen LogP contribution in [0.25, 0.3) is 0 Å². The number of aryl methyl sites for hydroxylation is 2. The van der Waals surface area contributed by atoms with Crippen LogP contribution >= 0.6 is 11.3 Å². The lowest BCUT2D eigenvalue weighted by Gasteiger charge is -2.19. The van der Waals surface area contributed by atoms with Gasteiger partial charge in [0.15, 0.2) is 0 Å². The number of carbonyl (C=O) groups is 1. The van der Waals surface area contributed by atoms with Crippen molar-refractivity contribution < 1.29 is 4.79 Å². The number of carbonyl (C=O) groups excluding carboxylic acids is 1. The zero-order valence-corrected chi connectivity index (χ0v) is 9.28. The summed E-state index contributed by atoms with van der Waals surface area (Å²) >= 11 is 1.73. The van der Waals surface area contributed by atoms with Crippen LogP contribution in [0.3, 0.4) is 0 Å². The highest BCUT2D eigenvalue weighted by Gasteiger charge is 2.28. The first-order valence-electron chi connectivity index (χ1n) is 4.90. The van der Waals surface area contributed by atoms with Gasteiger partial charge in [-0.15, -0.1) is 11.3 Å². The number of nitrogens with zero attached hydrogens (tertiary/aromatic N) is 1. The topological polar surface area (TPSA) is 42.0 Å². The number of fused-ring (bicyclic) bond motifs is 1. The molecule has 0 saturated heterocycles. The molecule has 0 fully saturated rings. The second-order valence-corrected chi connectivity index (χ2v) is 4.89. The zero-order chi connectivity index (χ0) is 10.1. The summed E-state index contributed by atoms with van der Waals surface area (Å²) in [6.07, 6.45) is 3.14. The van der Waals surface area contributed by atoms with E-state index in [1.54, 1.807) is 18.4 Å². The van der Waals surface area contributed by atoms with Gasteiger partial charge >= 0.3 is 0 Å². The molecule has 4 heteroatoms. The molecule has 0 radical (unpaired) electrons. The standard InChI is InChI=1S/C10H14N2OS/c1-6-12-9-7(10(13)11-2)4-3-5-8(9)14-6/h7H,3-5H2,1-2H3,(H,11,13)/t7-/m0/s1. The van der Waals surface area contributed by atoms with E-state index in [0.717, 1.165) is 30.0 Å².